The summed E-state index contributed by atoms with van der Waals surface area (Å²) in [6, 6.07) is 16.6. The SMILES string of the molecule is O=C1CN(C(=O)c2ccc(Cn3cccn3)cc2)c2ccccc2N1. The smallest absolute Gasteiger partial charge is 0.258 e. The molecule has 1 N–H and O–H groups in total. The Morgan fingerprint density at radius 2 is 1.88 bits per heavy atom. The monoisotopic (exact) mass is 332 g/mol. The number of carbonyl (C=O) groups is 2. The van der Waals surface area contributed by atoms with Crippen LogP contribution in [0.4, 0.5) is 11.4 Å². The van der Waals surface area contributed by atoms with Crippen molar-refractivity contribution in [3.63, 3.8) is 0 Å². The predicted molar refractivity (Wildman–Crippen MR) is 94.5 cm³/mol. The largest absolute Gasteiger partial charge is 0.323 e. The fourth-order valence-electron chi connectivity index (χ4n) is 2.90. The Morgan fingerprint density at radius 3 is 2.64 bits per heavy atom. The van der Waals surface area contributed by atoms with Crippen LogP contribution in [0.2, 0.25) is 0 Å². The van der Waals surface area contributed by atoms with Crippen LogP contribution in [0.5, 0.6) is 0 Å². The van der Waals surface area contributed by atoms with Gasteiger partial charge >= 0.3 is 0 Å². The van der Waals surface area contributed by atoms with Gasteiger partial charge in [0, 0.05) is 18.0 Å². The van der Waals surface area contributed by atoms with E-state index in [0.29, 0.717) is 23.5 Å². The molecule has 2 amide bonds. The highest BCUT2D eigenvalue weighted by molar-refractivity contribution is 6.15. The van der Waals surface area contributed by atoms with E-state index in [9.17, 15) is 9.59 Å². The van der Waals surface area contributed by atoms with Gasteiger partial charge < -0.3 is 5.32 Å². The molecular formula is C19H16N4O2. The number of nitrogens with zero attached hydrogens (tertiary/aromatic N) is 3. The molecule has 6 nitrogen and oxygen atoms in total. The second kappa shape index (κ2) is 6.24. The molecule has 6 heteroatoms. The summed E-state index contributed by atoms with van der Waals surface area (Å²) in [6.07, 6.45) is 3.62. The lowest BCUT2D eigenvalue weighted by atomic mass is 10.1. The van der Waals surface area contributed by atoms with Crippen molar-refractivity contribution in [2.24, 2.45) is 0 Å². The lowest BCUT2D eigenvalue weighted by molar-refractivity contribution is -0.115. The lowest BCUT2D eigenvalue weighted by Gasteiger charge is -2.29. The van der Waals surface area contributed by atoms with Crippen LogP contribution in [-0.2, 0) is 11.3 Å². The molecule has 2 heterocycles. The van der Waals surface area contributed by atoms with E-state index < -0.39 is 0 Å². The standard InChI is InChI=1S/C19H16N4O2/c24-18-13-23(17-5-2-1-4-16(17)21-18)19(25)15-8-6-14(7-9-15)12-22-11-3-10-20-22/h1-11H,12-13H2,(H,21,24). The first-order chi connectivity index (χ1) is 12.2. The Kier molecular flexibility index (Phi) is 3.78. The van der Waals surface area contributed by atoms with Crippen molar-refractivity contribution in [3.8, 4) is 0 Å². The van der Waals surface area contributed by atoms with Gasteiger partial charge in [-0.15, -0.1) is 0 Å². The minimum atomic E-state index is -0.192. The second-order valence-electron chi connectivity index (χ2n) is 5.86. The summed E-state index contributed by atoms with van der Waals surface area (Å²) in [5.41, 5.74) is 2.97. The molecule has 0 saturated carbocycles. The van der Waals surface area contributed by atoms with Crippen LogP contribution < -0.4 is 10.2 Å². The van der Waals surface area contributed by atoms with Gasteiger partial charge in [0.05, 0.1) is 17.9 Å². The van der Waals surface area contributed by atoms with Crippen molar-refractivity contribution < 1.29 is 9.59 Å². The zero-order valence-corrected chi connectivity index (χ0v) is 13.4. The number of rotatable bonds is 3. The third-order valence-electron chi connectivity index (χ3n) is 4.12. The zero-order valence-electron chi connectivity index (χ0n) is 13.4. The highest BCUT2D eigenvalue weighted by atomic mass is 16.2. The van der Waals surface area contributed by atoms with Gasteiger partial charge in [0.25, 0.3) is 5.91 Å². The molecule has 0 saturated heterocycles. The van der Waals surface area contributed by atoms with Gasteiger partial charge in [-0.2, -0.15) is 5.10 Å². The molecule has 4 rings (SSSR count). The Bertz CT molecular complexity index is 917. The Labute approximate surface area is 144 Å². The number of carbonyl (C=O) groups excluding carboxylic acids is 2. The summed E-state index contributed by atoms with van der Waals surface area (Å²) >= 11 is 0. The number of anilines is 2. The van der Waals surface area contributed by atoms with Crippen molar-refractivity contribution in [1.82, 2.24) is 9.78 Å². The molecule has 2 aromatic carbocycles. The molecule has 1 aliphatic rings. The van der Waals surface area contributed by atoms with Crippen LogP contribution in [0.1, 0.15) is 15.9 Å². The maximum Gasteiger partial charge on any atom is 0.258 e. The molecule has 0 radical (unpaired) electrons. The fourth-order valence-corrected chi connectivity index (χ4v) is 2.90. The number of nitrogens with one attached hydrogen (secondary N) is 1. The molecule has 0 spiro atoms. The van der Waals surface area contributed by atoms with E-state index in [1.54, 1.807) is 24.4 Å². The highest BCUT2D eigenvalue weighted by Crippen LogP contribution is 2.30. The maximum atomic E-state index is 12.9. The van der Waals surface area contributed by atoms with Crippen LogP contribution in [-0.4, -0.2) is 28.1 Å². The minimum Gasteiger partial charge on any atom is -0.323 e. The third-order valence-corrected chi connectivity index (χ3v) is 4.12. The molecule has 1 aromatic heterocycles. The van der Waals surface area contributed by atoms with Crippen LogP contribution in [0.15, 0.2) is 67.0 Å². The van der Waals surface area contributed by atoms with E-state index in [-0.39, 0.29) is 18.4 Å². The molecule has 1 aliphatic heterocycles. The molecule has 25 heavy (non-hydrogen) atoms. The first-order valence-corrected chi connectivity index (χ1v) is 7.98. The van der Waals surface area contributed by atoms with E-state index in [4.69, 9.17) is 0 Å². The Balaban J connectivity index is 1.58. The molecule has 0 fully saturated rings. The summed E-state index contributed by atoms with van der Waals surface area (Å²) in [5.74, 6) is -0.379. The first-order valence-electron chi connectivity index (χ1n) is 7.98. The average Bonchev–Trinajstić information content (AvgIpc) is 3.14. The number of hydrogen-bond donors (Lipinski definition) is 1. The molecule has 0 bridgehead atoms. The molecule has 0 atom stereocenters. The van der Waals surface area contributed by atoms with Gasteiger partial charge in [-0.25, -0.2) is 0 Å². The van der Waals surface area contributed by atoms with Crippen LogP contribution in [0, 0.1) is 0 Å². The van der Waals surface area contributed by atoms with Gasteiger partial charge in [0.15, 0.2) is 0 Å². The maximum absolute atomic E-state index is 12.9. The topological polar surface area (TPSA) is 67.2 Å². The number of fused-ring (bicyclic) bond motifs is 1. The number of benzene rings is 2. The van der Waals surface area contributed by atoms with E-state index in [1.807, 2.05) is 47.3 Å². The van der Waals surface area contributed by atoms with Gasteiger partial charge in [-0.1, -0.05) is 24.3 Å². The van der Waals surface area contributed by atoms with Crippen molar-refractivity contribution in [2.75, 3.05) is 16.8 Å². The van der Waals surface area contributed by atoms with Gasteiger partial charge in [-0.3, -0.25) is 19.2 Å². The molecule has 124 valence electrons. The van der Waals surface area contributed by atoms with Gasteiger partial charge in [-0.05, 0) is 35.9 Å². The average molecular weight is 332 g/mol. The van der Waals surface area contributed by atoms with E-state index in [0.717, 1.165) is 5.56 Å². The summed E-state index contributed by atoms with van der Waals surface area (Å²) in [5, 5.41) is 6.96. The second-order valence-corrected chi connectivity index (χ2v) is 5.86. The highest BCUT2D eigenvalue weighted by Gasteiger charge is 2.27. The Hall–Kier alpha value is -3.41. The molecule has 0 aliphatic carbocycles. The van der Waals surface area contributed by atoms with Crippen molar-refractivity contribution in [2.45, 2.75) is 6.54 Å². The van der Waals surface area contributed by atoms with Crippen molar-refractivity contribution >= 4 is 23.2 Å². The van der Waals surface area contributed by atoms with Crippen LogP contribution in [0.25, 0.3) is 0 Å². The molecular weight excluding hydrogens is 316 g/mol. The Morgan fingerprint density at radius 1 is 1.08 bits per heavy atom. The fraction of sp³-hybridized carbons (Fsp3) is 0.105. The molecule has 0 unspecified atom stereocenters. The number of para-hydroxylation sites is 2. The minimum absolute atomic E-state index is 0.0187. The van der Waals surface area contributed by atoms with E-state index >= 15 is 0 Å². The summed E-state index contributed by atoms with van der Waals surface area (Å²) < 4.78 is 1.82. The zero-order chi connectivity index (χ0) is 17.2. The van der Waals surface area contributed by atoms with Crippen LogP contribution in [0.3, 0.4) is 0 Å². The predicted octanol–water partition coefficient (Wildman–Crippen LogP) is 2.53. The number of aromatic nitrogens is 2. The third kappa shape index (κ3) is 3.01. The van der Waals surface area contributed by atoms with E-state index in [1.165, 1.54) is 4.90 Å². The summed E-state index contributed by atoms with van der Waals surface area (Å²) in [7, 11) is 0. The van der Waals surface area contributed by atoms with Gasteiger partial charge in [0.1, 0.15) is 6.54 Å². The van der Waals surface area contributed by atoms with Crippen molar-refractivity contribution in [3.05, 3.63) is 78.1 Å². The first kappa shape index (κ1) is 15.1. The lowest BCUT2D eigenvalue weighted by Crippen LogP contribution is -2.42. The normalized spacial score (nSPS) is 13.3. The number of amides is 2. The quantitative estimate of drug-likeness (QED) is 0.801. The van der Waals surface area contributed by atoms with E-state index in [2.05, 4.69) is 10.4 Å². The summed E-state index contributed by atoms with van der Waals surface area (Å²) in [4.78, 5) is 26.3. The molecule has 3 aromatic rings. The van der Waals surface area contributed by atoms with Crippen molar-refractivity contribution in [1.29, 1.82) is 0 Å². The summed E-state index contributed by atoms with van der Waals surface area (Å²) in [6.45, 7) is 0.668. The van der Waals surface area contributed by atoms with Crippen LogP contribution >= 0.6 is 0 Å². The van der Waals surface area contributed by atoms with Gasteiger partial charge in [0.2, 0.25) is 5.91 Å². The number of hydrogen-bond acceptors (Lipinski definition) is 3.